The summed E-state index contributed by atoms with van der Waals surface area (Å²) in [6, 6.07) is 11.6. The van der Waals surface area contributed by atoms with Crippen molar-refractivity contribution in [1.82, 2.24) is 51.2 Å². The highest BCUT2D eigenvalue weighted by molar-refractivity contribution is 7.09. The van der Waals surface area contributed by atoms with Gasteiger partial charge in [-0.05, 0) is 105 Å². The van der Waals surface area contributed by atoms with Gasteiger partial charge in [0.05, 0.1) is 48.7 Å². The van der Waals surface area contributed by atoms with Crippen LogP contribution in [0.2, 0.25) is 0 Å². The molecule has 1 fully saturated rings. The number of likely N-dealkylation sites (N-methyl/N-ethyl adjacent to an activating group) is 2. The average Bonchev–Trinajstić information content (AvgIpc) is 1.37. The third-order valence-electron chi connectivity index (χ3n) is 18.5. The maximum atomic E-state index is 14.9. The quantitative estimate of drug-likeness (QED) is 0.0211. The first kappa shape index (κ1) is 86.1. The van der Waals surface area contributed by atoms with Crippen LogP contribution in [0.3, 0.4) is 0 Å². The normalized spacial score (nSPS) is 16.8. The van der Waals surface area contributed by atoms with Crippen LogP contribution in [0.1, 0.15) is 149 Å². The number of anilines is 1. The number of rotatable bonds is 40. The van der Waals surface area contributed by atoms with E-state index in [-0.39, 0.29) is 109 Å². The van der Waals surface area contributed by atoms with E-state index in [2.05, 4.69) is 36.9 Å². The summed E-state index contributed by atoms with van der Waals surface area (Å²) in [6.07, 6.45) is 2.98. The second kappa shape index (κ2) is 42.3. The molecule has 3 heterocycles. The molecule has 566 valence electrons. The van der Waals surface area contributed by atoms with Crippen LogP contribution in [0.15, 0.2) is 78.3 Å². The number of imide groups is 1. The number of nitrogens with two attached hydrogens (primary N) is 1. The Kier molecular flexibility index (Phi) is 35.7. The van der Waals surface area contributed by atoms with Gasteiger partial charge in [0.15, 0.2) is 0 Å². The number of hydrogen-bond donors (Lipinski definition) is 8. The number of primary amides is 1. The predicted octanol–water partition coefficient (Wildman–Crippen LogP) is 6.93. The molecule has 3 unspecified atom stereocenters. The maximum Gasteiger partial charge on any atom is 0.490 e. The zero-order valence-corrected chi connectivity index (χ0v) is 61.8. The van der Waals surface area contributed by atoms with Crippen molar-refractivity contribution in [3.05, 3.63) is 94.5 Å². The molecule has 0 radical (unpaired) electrons. The molecule has 1 saturated heterocycles. The van der Waals surface area contributed by atoms with E-state index in [0.717, 1.165) is 27.5 Å². The van der Waals surface area contributed by atoms with Crippen molar-refractivity contribution in [2.24, 2.45) is 35.3 Å². The number of carboxylic acid groups (broad SMARTS) is 1. The molecular formula is C72H107F3N12O14S. The van der Waals surface area contributed by atoms with E-state index >= 15 is 0 Å². The number of urea groups is 1. The third-order valence-corrected chi connectivity index (χ3v) is 19.4. The highest BCUT2D eigenvalue weighted by atomic mass is 32.1. The molecule has 30 heteroatoms. The Bertz CT molecular complexity index is 3240. The number of amides is 11. The Labute approximate surface area is 600 Å². The van der Waals surface area contributed by atoms with Gasteiger partial charge in [0.1, 0.15) is 23.1 Å². The number of likely N-dealkylation sites (tertiary alicyclic amines) is 1. The fourth-order valence-electron chi connectivity index (χ4n) is 12.7. The zero-order chi connectivity index (χ0) is 76.1. The number of hydrogen-bond acceptors (Lipinski definition) is 16. The number of nitrogens with one attached hydrogen (secondary N) is 6. The van der Waals surface area contributed by atoms with Crippen LogP contribution in [-0.4, -0.2) is 204 Å². The Morgan fingerprint density at radius 3 is 1.95 bits per heavy atom. The van der Waals surface area contributed by atoms with Crippen molar-refractivity contribution in [2.75, 3.05) is 59.8 Å². The molecule has 102 heavy (non-hydrogen) atoms. The van der Waals surface area contributed by atoms with Gasteiger partial charge < -0.3 is 62.0 Å². The first-order chi connectivity index (χ1) is 48.1. The number of thiazole rings is 1. The molecule has 2 aliphatic rings. The van der Waals surface area contributed by atoms with Crippen molar-refractivity contribution in [3.8, 4) is 0 Å². The highest BCUT2D eigenvalue weighted by Gasteiger charge is 2.44. The van der Waals surface area contributed by atoms with Crippen LogP contribution in [0.4, 0.5) is 23.7 Å². The van der Waals surface area contributed by atoms with Crippen molar-refractivity contribution in [3.63, 3.8) is 0 Å². The molecule has 0 spiro atoms. The van der Waals surface area contributed by atoms with Crippen LogP contribution < -0.4 is 37.6 Å². The number of carbonyl (C=O) groups excluding carboxylic acids is 10. The highest BCUT2D eigenvalue weighted by Crippen LogP contribution is 2.31. The molecule has 1 aromatic heterocycles. The van der Waals surface area contributed by atoms with Gasteiger partial charge in [0.25, 0.3) is 11.8 Å². The number of halogens is 3. The van der Waals surface area contributed by atoms with Crippen molar-refractivity contribution in [1.29, 1.82) is 0 Å². The summed E-state index contributed by atoms with van der Waals surface area (Å²) in [7, 11) is 6.71. The van der Waals surface area contributed by atoms with Crippen LogP contribution in [0.25, 0.3) is 0 Å². The van der Waals surface area contributed by atoms with E-state index in [4.69, 9.17) is 25.1 Å². The number of unbranched alkanes of at least 4 members (excludes halogenated alkanes) is 2. The van der Waals surface area contributed by atoms with Gasteiger partial charge in [-0.1, -0.05) is 118 Å². The van der Waals surface area contributed by atoms with Gasteiger partial charge >= 0.3 is 18.2 Å². The number of aliphatic carboxylic acids is 1. The molecule has 11 amide bonds. The second-order valence-electron chi connectivity index (χ2n) is 27.1. The SMILES string of the molecule is CCC(C)[C@@H]([C@@H](CC(=O)N1CCC[C@H]1[C@@H](OC)C(C)C(=O)N[C@@H](Cc1ccccc1)c1nccs1)OC)N(C)C(=O)[C@@H](NC(=O)[C@H](C(C)C)N(C)CCc1ccc(NC(=O)C(CCCNC(N)=O)NC(=O)[C@H](NC(=O)CCCCCN2C(=O)C=CC2=O)C(C)C)cc1)C(C)C.O=C(O)C(F)(F)F. The predicted molar refractivity (Wildman–Crippen MR) is 380 cm³/mol. The smallest absolute Gasteiger partial charge is 0.475 e. The summed E-state index contributed by atoms with van der Waals surface area (Å²) >= 11 is 1.48. The number of benzene rings is 2. The number of carboxylic acids is 1. The van der Waals surface area contributed by atoms with Crippen LogP contribution >= 0.6 is 11.3 Å². The van der Waals surface area contributed by atoms with Crippen LogP contribution in [0.5, 0.6) is 0 Å². The number of aromatic nitrogens is 1. The van der Waals surface area contributed by atoms with E-state index in [1.54, 1.807) is 58.3 Å². The second-order valence-corrected chi connectivity index (χ2v) is 28.0. The van der Waals surface area contributed by atoms with Gasteiger partial charge in [-0.25, -0.2) is 14.6 Å². The first-order valence-electron chi connectivity index (χ1n) is 34.9. The minimum absolute atomic E-state index is 0.0295. The third kappa shape index (κ3) is 26.8. The molecule has 0 aliphatic carbocycles. The Morgan fingerprint density at radius 2 is 1.40 bits per heavy atom. The van der Waals surface area contributed by atoms with Gasteiger partial charge in [0.2, 0.25) is 41.4 Å². The molecule has 9 N–H and O–H groups in total. The van der Waals surface area contributed by atoms with Crippen molar-refractivity contribution >= 4 is 82.2 Å². The summed E-state index contributed by atoms with van der Waals surface area (Å²) in [6.45, 7) is 18.5. The summed E-state index contributed by atoms with van der Waals surface area (Å²) in [4.78, 5) is 154. The van der Waals surface area contributed by atoms with Crippen molar-refractivity contribution < 1.29 is 80.5 Å². The molecule has 26 nitrogen and oxygen atoms in total. The van der Waals surface area contributed by atoms with Gasteiger partial charge in [-0.2, -0.15) is 13.2 Å². The molecule has 5 rings (SSSR count). The van der Waals surface area contributed by atoms with E-state index in [1.165, 1.54) is 23.5 Å². The average molecular weight is 1450 g/mol. The number of methoxy groups -OCH3 is 2. The zero-order valence-electron chi connectivity index (χ0n) is 61.0. The van der Waals surface area contributed by atoms with Crippen LogP contribution in [-0.2, 0) is 70.3 Å². The lowest BCUT2D eigenvalue weighted by molar-refractivity contribution is -0.192. The lowest BCUT2D eigenvalue weighted by Gasteiger charge is -2.41. The van der Waals surface area contributed by atoms with Gasteiger partial charge in [-0.3, -0.25) is 53.0 Å². The summed E-state index contributed by atoms with van der Waals surface area (Å²) in [5.74, 6) is -7.44. The largest absolute Gasteiger partial charge is 0.490 e. The summed E-state index contributed by atoms with van der Waals surface area (Å²) in [5, 5.41) is 27.2. The Balaban J connectivity index is 0.00000298. The number of carbonyl (C=O) groups is 11. The van der Waals surface area contributed by atoms with Gasteiger partial charge in [-0.15, -0.1) is 11.3 Å². The molecule has 0 saturated carbocycles. The number of alkyl halides is 3. The molecule has 2 aliphatic heterocycles. The first-order valence-corrected chi connectivity index (χ1v) is 35.8. The fraction of sp³-hybridized carbons (Fsp3) is 0.611. The molecule has 0 bridgehead atoms. The van der Waals surface area contributed by atoms with E-state index in [1.807, 2.05) is 113 Å². The summed E-state index contributed by atoms with van der Waals surface area (Å²) in [5.41, 5.74) is 7.70. The van der Waals surface area contributed by atoms with Crippen molar-refractivity contribution in [2.45, 2.75) is 200 Å². The van der Waals surface area contributed by atoms with Crippen LogP contribution in [0, 0.1) is 29.6 Å². The van der Waals surface area contributed by atoms with E-state index < -0.39 is 78.3 Å². The minimum atomic E-state index is -5.08. The lowest BCUT2D eigenvalue weighted by Crippen LogP contribution is -2.60. The summed E-state index contributed by atoms with van der Waals surface area (Å²) < 4.78 is 44.0. The molecule has 11 atom stereocenters. The maximum absolute atomic E-state index is 14.9. The number of nitrogens with zero attached hydrogens (tertiary/aromatic N) is 5. The molecular weight excluding hydrogens is 1350 g/mol. The van der Waals surface area contributed by atoms with E-state index in [0.29, 0.717) is 70.1 Å². The lowest BCUT2D eigenvalue weighted by atomic mass is 9.89. The molecule has 2 aromatic carbocycles. The monoisotopic (exact) mass is 1450 g/mol. The van der Waals surface area contributed by atoms with E-state index in [9.17, 15) is 61.1 Å². The Morgan fingerprint density at radius 1 is 0.765 bits per heavy atom. The topological polar surface area (TPSA) is 351 Å². The number of ether oxygens (including phenoxy) is 2. The Hall–Kier alpha value is -8.35. The molecule has 3 aromatic rings. The van der Waals surface area contributed by atoms with Gasteiger partial charge in [0, 0.05) is 83.3 Å². The fourth-order valence-corrected chi connectivity index (χ4v) is 13.4. The standard InChI is InChI=1S/C70H106N12O12S.C2HF3O2/c1-14-46(8)62(54(93-12)42-58(86)81-38-22-26-53(81)63(94-13)47(9)64(87)76-52(68-72-36-40-95-68)41-49-23-17-15-18-24-49)80(11)69(91)60(44(4)5)78-67(90)61(45(6)7)79(10)39-34-48-28-30-50(31-29-48)74-65(88)51(25-21-35-73-70(71)92)75-66(89)59(43(2)3)77-55(83)27-19-16-20-37-82-56(84)32-33-57(82)85;3-2(4,5)1(6)7/h15,17-18,23-24,28-33,36,40,43-47,51-54,59-63H,14,16,19-22,25-27,34-35,37-39,41-42H2,1-13H3,(H,74,88)(H,75,89)(H,76,87)(H,77,83)(H,78,90)(H3,71,73,92);(H,6,7)/t46?,47?,51?,52-,53-,54+,59+,60-,61-,62-,63-;/m0./s1. The minimum Gasteiger partial charge on any atom is -0.475 e.